The van der Waals surface area contributed by atoms with Crippen LogP contribution in [0.2, 0.25) is 0 Å². The second-order valence-corrected chi connectivity index (χ2v) is 9.21. The number of thiazole rings is 1. The number of rotatable bonds is 3. The molecule has 0 saturated heterocycles. The van der Waals surface area contributed by atoms with Gasteiger partial charge in [0, 0.05) is 11.6 Å². The summed E-state index contributed by atoms with van der Waals surface area (Å²) in [5, 5.41) is 12.3. The largest absolute Gasteiger partial charge is 0.508 e. The van der Waals surface area contributed by atoms with E-state index in [0.29, 0.717) is 11.3 Å². The van der Waals surface area contributed by atoms with Crippen LogP contribution in [-0.4, -0.2) is 12.2 Å². The molecule has 0 aliphatic heterocycles. The SMILES string of the molecule is COc1ccc(-c2c/c(=N\c3[nH+]c4ccc(C)cc4s3)c3cc(O)ccc3o2)cc1.[O-][Cl+3]([O-])([O-])[O-]. The average Bonchev–Trinajstić information content (AvgIpc) is 3.19. The van der Waals surface area contributed by atoms with Crippen LogP contribution in [0.1, 0.15) is 5.56 Å². The highest BCUT2D eigenvalue weighted by Gasteiger charge is 2.14. The van der Waals surface area contributed by atoms with Crippen LogP contribution in [0.15, 0.2) is 76.1 Å². The summed E-state index contributed by atoms with van der Waals surface area (Å²) in [6, 6.07) is 20.9. The van der Waals surface area contributed by atoms with E-state index in [9.17, 15) is 5.11 Å². The molecule has 2 aromatic heterocycles. The first-order chi connectivity index (χ1) is 16.6. The predicted octanol–water partition coefficient (Wildman–Crippen LogP) is 0.628. The van der Waals surface area contributed by atoms with Crippen LogP contribution in [0.25, 0.3) is 32.5 Å². The van der Waals surface area contributed by atoms with Crippen LogP contribution >= 0.6 is 11.3 Å². The van der Waals surface area contributed by atoms with Crippen molar-refractivity contribution < 1.29 is 48.1 Å². The molecule has 0 saturated carbocycles. The van der Waals surface area contributed by atoms with Crippen LogP contribution in [0, 0.1) is 17.2 Å². The van der Waals surface area contributed by atoms with E-state index >= 15 is 0 Å². The Balaban J connectivity index is 0.000000527. The van der Waals surface area contributed by atoms with Gasteiger partial charge >= 0.3 is 5.13 Å². The molecule has 180 valence electrons. The number of nitrogens with one attached hydrogen (secondary N) is 1. The number of halogens is 1. The standard InChI is InChI=1S/C24H18N2O3S.ClHO4/c1-14-3-9-19-23(11-14)30-24(25-19)26-20-13-22(15-4-7-17(28-2)8-5-15)29-21-10-6-16(27)12-18(20)21;2-1(3,4)5/h3-13,27H,1-2H3;(H,2,3,4,5)/b26-20+;. The maximum atomic E-state index is 10.0. The van der Waals surface area contributed by atoms with Crippen LogP contribution < -0.4 is 33.7 Å². The summed E-state index contributed by atoms with van der Waals surface area (Å²) in [5.41, 5.74) is 3.82. The van der Waals surface area contributed by atoms with E-state index in [0.717, 1.165) is 37.4 Å². The highest BCUT2D eigenvalue weighted by molar-refractivity contribution is 7.21. The monoisotopic (exact) mass is 514 g/mol. The molecule has 5 aromatic rings. The zero-order chi connectivity index (χ0) is 25.2. The van der Waals surface area contributed by atoms with E-state index in [1.54, 1.807) is 36.6 Å². The maximum absolute atomic E-state index is 10.0. The van der Waals surface area contributed by atoms with Crippen molar-refractivity contribution in [2.24, 2.45) is 4.99 Å². The van der Waals surface area contributed by atoms with E-state index in [2.05, 4.69) is 30.1 Å². The van der Waals surface area contributed by atoms with Gasteiger partial charge in [-0.25, -0.2) is 23.6 Å². The quantitative estimate of drug-likeness (QED) is 0.369. The third-order valence-corrected chi connectivity index (χ3v) is 5.85. The average molecular weight is 515 g/mol. The van der Waals surface area contributed by atoms with Crippen molar-refractivity contribution in [3.8, 4) is 22.8 Å². The molecule has 0 fully saturated rings. The van der Waals surface area contributed by atoms with Crippen molar-refractivity contribution in [2.75, 3.05) is 7.11 Å². The molecule has 0 aliphatic rings. The Morgan fingerprint density at radius 1 is 0.971 bits per heavy atom. The van der Waals surface area contributed by atoms with Crippen LogP contribution in [-0.2, 0) is 0 Å². The van der Waals surface area contributed by atoms with Crippen LogP contribution in [0.5, 0.6) is 11.5 Å². The number of aryl methyl sites for hydroxylation is 1. The lowest BCUT2D eigenvalue weighted by molar-refractivity contribution is -2.00. The zero-order valence-corrected chi connectivity index (χ0v) is 20.1. The molecule has 2 N–H and O–H groups in total. The molecule has 0 spiro atoms. The fourth-order valence-corrected chi connectivity index (χ4v) is 4.36. The number of ether oxygens (including phenoxy) is 1. The number of methoxy groups -OCH3 is 1. The fourth-order valence-electron chi connectivity index (χ4n) is 3.37. The van der Waals surface area contributed by atoms with E-state index in [4.69, 9.17) is 32.8 Å². The smallest absolute Gasteiger partial charge is 0.381 e. The van der Waals surface area contributed by atoms with Crippen LogP contribution in [0.4, 0.5) is 5.13 Å². The summed E-state index contributed by atoms with van der Waals surface area (Å²) in [5.74, 6) is 1.64. The lowest BCUT2D eigenvalue weighted by Crippen LogP contribution is -2.68. The first-order valence-electron chi connectivity index (χ1n) is 10.1. The Bertz CT molecular complexity index is 1550. The minimum Gasteiger partial charge on any atom is -0.508 e. The number of H-pyrrole nitrogens is 1. The van der Waals surface area contributed by atoms with Gasteiger partial charge < -0.3 is 14.3 Å². The van der Waals surface area contributed by atoms with Crippen molar-refractivity contribution in [3.05, 3.63) is 77.7 Å². The lowest BCUT2D eigenvalue weighted by Gasteiger charge is -2.17. The molecule has 0 bridgehead atoms. The van der Waals surface area contributed by atoms with Gasteiger partial charge in [-0.05, 0) is 83.4 Å². The third-order valence-electron chi connectivity index (χ3n) is 4.91. The van der Waals surface area contributed by atoms with Crippen molar-refractivity contribution in [3.63, 3.8) is 0 Å². The molecule has 0 atom stereocenters. The molecule has 0 amide bonds. The van der Waals surface area contributed by atoms with Gasteiger partial charge in [0.1, 0.15) is 28.4 Å². The van der Waals surface area contributed by atoms with E-state index in [1.165, 1.54) is 5.56 Å². The predicted molar refractivity (Wildman–Crippen MR) is 118 cm³/mol. The van der Waals surface area contributed by atoms with Gasteiger partial charge in [-0.2, -0.15) is 0 Å². The minimum absolute atomic E-state index is 0.169. The van der Waals surface area contributed by atoms with E-state index < -0.39 is 10.2 Å². The molecule has 0 unspecified atom stereocenters. The Labute approximate surface area is 205 Å². The number of fused-ring (bicyclic) bond motifs is 2. The Morgan fingerprint density at radius 3 is 2.37 bits per heavy atom. The molecular formula is C24H19ClN2O7S. The van der Waals surface area contributed by atoms with Crippen molar-refractivity contribution in [1.82, 2.24) is 0 Å². The van der Waals surface area contributed by atoms with Gasteiger partial charge in [-0.15, -0.1) is 10.2 Å². The number of nitrogens with zero attached hydrogens (tertiary/aromatic N) is 1. The summed E-state index contributed by atoms with van der Waals surface area (Å²) in [7, 11) is -3.30. The number of aromatic amines is 1. The fraction of sp³-hybridized carbons (Fsp3) is 0.0833. The topological polar surface area (TPSA) is 161 Å². The number of aromatic hydroxyl groups is 1. The molecule has 3 aromatic carbocycles. The second-order valence-electron chi connectivity index (χ2n) is 7.43. The summed E-state index contributed by atoms with van der Waals surface area (Å²) in [4.78, 5) is 8.23. The highest BCUT2D eigenvalue weighted by atomic mass is 35.7. The molecule has 9 nitrogen and oxygen atoms in total. The lowest BCUT2D eigenvalue weighted by atomic mass is 10.1. The number of hydrogen-bond acceptors (Lipinski definition) is 9. The Morgan fingerprint density at radius 2 is 1.69 bits per heavy atom. The number of phenols is 1. The van der Waals surface area contributed by atoms with Gasteiger partial charge in [-0.1, -0.05) is 6.07 Å². The Hall–Kier alpha value is -3.51. The van der Waals surface area contributed by atoms with Crippen LogP contribution in [0.3, 0.4) is 0 Å². The Kier molecular flexibility index (Phi) is 7.03. The number of benzene rings is 3. The van der Waals surface area contributed by atoms with E-state index in [-0.39, 0.29) is 5.75 Å². The molecular weight excluding hydrogens is 496 g/mol. The summed E-state index contributed by atoms with van der Waals surface area (Å²) in [6.07, 6.45) is 0. The first kappa shape index (κ1) is 24.6. The summed E-state index contributed by atoms with van der Waals surface area (Å²) < 4.78 is 46.5. The van der Waals surface area contributed by atoms with Crippen molar-refractivity contribution >= 4 is 37.7 Å². The molecule has 35 heavy (non-hydrogen) atoms. The van der Waals surface area contributed by atoms with E-state index in [1.807, 2.05) is 30.3 Å². The molecule has 2 heterocycles. The molecule has 0 radical (unpaired) electrons. The molecule has 11 heteroatoms. The van der Waals surface area contributed by atoms with Gasteiger partial charge in [-0.3, -0.25) is 0 Å². The zero-order valence-electron chi connectivity index (χ0n) is 18.5. The van der Waals surface area contributed by atoms with Gasteiger partial charge in [0.2, 0.25) is 0 Å². The van der Waals surface area contributed by atoms with Crippen molar-refractivity contribution in [1.29, 1.82) is 0 Å². The van der Waals surface area contributed by atoms with Gasteiger partial charge in [0.15, 0.2) is 5.36 Å². The molecule has 0 aliphatic carbocycles. The van der Waals surface area contributed by atoms with Gasteiger partial charge in [0.25, 0.3) is 0 Å². The van der Waals surface area contributed by atoms with Gasteiger partial charge in [0.05, 0.1) is 17.2 Å². The maximum Gasteiger partial charge on any atom is 0.381 e. The number of hydrogen-bond donors (Lipinski definition) is 1. The highest BCUT2D eigenvalue weighted by Crippen LogP contribution is 2.28. The van der Waals surface area contributed by atoms with Crippen molar-refractivity contribution in [2.45, 2.75) is 6.92 Å². The first-order valence-corrected chi connectivity index (χ1v) is 12.1. The second kappa shape index (κ2) is 10.0. The minimum atomic E-state index is -4.94. The number of phenolic OH excluding ortho intramolecular Hbond substituents is 1. The third kappa shape index (κ3) is 6.34. The molecule has 5 rings (SSSR count). The normalized spacial score (nSPS) is 12.0. The summed E-state index contributed by atoms with van der Waals surface area (Å²) >= 11 is 1.59. The number of aromatic nitrogens is 1. The summed E-state index contributed by atoms with van der Waals surface area (Å²) in [6.45, 7) is 2.08.